The van der Waals surface area contributed by atoms with Gasteiger partial charge in [-0.15, -0.1) is 0 Å². The topological polar surface area (TPSA) is 115 Å². The van der Waals surface area contributed by atoms with Gasteiger partial charge in [0.15, 0.2) is 11.4 Å². The quantitative estimate of drug-likeness (QED) is 0.360. The van der Waals surface area contributed by atoms with Gasteiger partial charge >= 0.3 is 0 Å². The molecule has 0 spiro atoms. The Balaban J connectivity index is 1.53. The number of hydrogen-bond acceptors (Lipinski definition) is 6. The van der Waals surface area contributed by atoms with Crippen LogP contribution in [-0.4, -0.2) is 44.6 Å². The normalized spacial score (nSPS) is 14.1. The number of benzene rings is 1. The van der Waals surface area contributed by atoms with E-state index >= 15 is 0 Å². The number of nitrogens with one attached hydrogen (secondary N) is 2. The summed E-state index contributed by atoms with van der Waals surface area (Å²) >= 11 is 0. The largest absolute Gasteiger partial charge is 0.344 e. The van der Waals surface area contributed by atoms with Gasteiger partial charge in [0.2, 0.25) is 0 Å². The second-order valence-corrected chi connectivity index (χ2v) is 8.80. The van der Waals surface area contributed by atoms with E-state index in [9.17, 15) is 14.9 Å². The van der Waals surface area contributed by atoms with Crippen LogP contribution < -0.4 is 5.32 Å². The molecular formula is C24H24N6O2. The fourth-order valence-electron chi connectivity index (χ4n) is 3.34. The van der Waals surface area contributed by atoms with Gasteiger partial charge in [0.1, 0.15) is 23.0 Å². The molecule has 3 aromatic rings. The van der Waals surface area contributed by atoms with E-state index in [1.807, 2.05) is 51.1 Å². The summed E-state index contributed by atoms with van der Waals surface area (Å²) < 4.78 is 0. The molecule has 1 aromatic carbocycles. The first-order valence-corrected chi connectivity index (χ1v) is 10.4. The van der Waals surface area contributed by atoms with Crippen LogP contribution in [0.4, 0.5) is 11.5 Å². The molecule has 3 heterocycles. The first-order chi connectivity index (χ1) is 15.3. The van der Waals surface area contributed by atoms with Crippen LogP contribution in [0.2, 0.25) is 0 Å². The third-order valence-electron chi connectivity index (χ3n) is 5.29. The van der Waals surface area contributed by atoms with Gasteiger partial charge < -0.3 is 15.2 Å². The Bertz CT molecular complexity index is 1250. The van der Waals surface area contributed by atoms with Crippen molar-refractivity contribution >= 4 is 40.4 Å². The molecule has 8 nitrogen and oxygen atoms in total. The second kappa shape index (κ2) is 8.27. The standard InChI is InChI=1S/C24H24N6O2/c1-24(2,3)21(31)18-13-26-22-20(18)29-19(14-27-22)28-17-7-5-15(6-8-17)11-16(12-25)23(32)30-9-4-10-30/h5-8,11,13-14H,4,9-10H2,1-3H3,(H,26,27)(H,28,29)/b16-11-. The van der Waals surface area contributed by atoms with Crippen molar-refractivity contribution in [2.75, 3.05) is 18.4 Å². The molecule has 1 fully saturated rings. The van der Waals surface area contributed by atoms with E-state index < -0.39 is 5.41 Å². The lowest BCUT2D eigenvalue weighted by atomic mass is 9.87. The smallest absolute Gasteiger partial charge is 0.264 e. The Labute approximate surface area is 186 Å². The lowest BCUT2D eigenvalue weighted by Gasteiger charge is -2.30. The van der Waals surface area contributed by atoms with E-state index in [-0.39, 0.29) is 17.3 Å². The maximum absolute atomic E-state index is 12.7. The molecule has 1 amide bonds. The van der Waals surface area contributed by atoms with Crippen molar-refractivity contribution in [3.05, 3.63) is 53.4 Å². The van der Waals surface area contributed by atoms with Crippen molar-refractivity contribution in [3.8, 4) is 6.07 Å². The van der Waals surface area contributed by atoms with Gasteiger partial charge in [0, 0.05) is 30.4 Å². The summed E-state index contributed by atoms with van der Waals surface area (Å²) in [7, 11) is 0. The zero-order valence-corrected chi connectivity index (χ0v) is 18.3. The number of likely N-dealkylation sites (tertiary alicyclic amines) is 1. The fourth-order valence-corrected chi connectivity index (χ4v) is 3.34. The number of nitrogens with zero attached hydrogens (tertiary/aromatic N) is 4. The van der Waals surface area contributed by atoms with Gasteiger partial charge in [-0.1, -0.05) is 32.9 Å². The molecule has 0 radical (unpaired) electrons. The summed E-state index contributed by atoms with van der Waals surface area (Å²) in [6.07, 6.45) is 5.82. The zero-order chi connectivity index (χ0) is 22.9. The first kappa shape index (κ1) is 21.2. The van der Waals surface area contributed by atoms with Crippen LogP contribution in [0.5, 0.6) is 0 Å². The van der Waals surface area contributed by atoms with E-state index in [1.54, 1.807) is 23.4 Å². The van der Waals surface area contributed by atoms with E-state index in [0.717, 1.165) is 17.7 Å². The molecule has 0 saturated carbocycles. The molecule has 32 heavy (non-hydrogen) atoms. The minimum absolute atomic E-state index is 0.00703. The van der Waals surface area contributed by atoms with E-state index in [4.69, 9.17) is 0 Å². The molecule has 1 saturated heterocycles. The number of nitriles is 1. The lowest BCUT2D eigenvalue weighted by Crippen LogP contribution is -2.42. The van der Waals surface area contributed by atoms with Gasteiger partial charge in [-0.2, -0.15) is 5.26 Å². The number of fused-ring (bicyclic) bond motifs is 1. The Morgan fingerprint density at radius 3 is 2.53 bits per heavy atom. The van der Waals surface area contributed by atoms with Gasteiger partial charge in [-0.05, 0) is 30.2 Å². The lowest BCUT2D eigenvalue weighted by molar-refractivity contribution is -0.129. The van der Waals surface area contributed by atoms with E-state index in [0.29, 0.717) is 35.6 Å². The SMILES string of the molecule is CC(C)(C)C(=O)c1c[nH]c2ncc(Nc3ccc(/C=C(/C#N)C(=O)N4CCC4)cc3)nc12. The number of carbonyl (C=O) groups excluding carboxylic acids is 2. The molecule has 0 atom stereocenters. The van der Waals surface area contributed by atoms with Crippen molar-refractivity contribution in [2.45, 2.75) is 27.2 Å². The number of anilines is 2. The fraction of sp³-hybridized carbons (Fsp3) is 0.292. The number of hydrogen-bond donors (Lipinski definition) is 2. The Morgan fingerprint density at radius 2 is 1.94 bits per heavy atom. The minimum atomic E-state index is -0.525. The molecule has 0 bridgehead atoms. The predicted molar refractivity (Wildman–Crippen MR) is 122 cm³/mol. The maximum atomic E-state index is 12.7. The van der Waals surface area contributed by atoms with Crippen LogP contribution in [0.3, 0.4) is 0 Å². The van der Waals surface area contributed by atoms with Crippen LogP contribution in [-0.2, 0) is 4.79 Å². The van der Waals surface area contributed by atoms with Crippen molar-refractivity contribution in [1.82, 2.24) is 19.9 Å². The summed E-state index contributed by atoms with van der Waals surface area (Å²) in [6, 6.07) is 9.30. The number of rotatable bonds is 5. The van der Waals surface area contributed by atoms with Crippen LogP contribution in [0.25, 0.3) is 17.2 Å². The van der Waals surface area contributed by atoms with Gasteiger partial charge in [-0.3, -0.25) is 9.59 Å². The van der Waals surface area contributed by atoms with Crippen LogP contribution in [0.1, 0.15) is 43.1 Å². The molecule has 4 rings (SSSR count). The number of aromatic amines is 1. The van der Waals surface area contributed by atoms with Crippen molar-refractivity contribution < 1.29 is 9.59 Å². The highest BCUT2D eigenvalue weighted by Crippen LogP contribution is 2.26. The zero-order valence-electron chi connectivity index (χ0n) is 18.3. The summed E-state index contributed by atoms with van der Waals surface area (Å²) in [5, 5.41) is 12.5. The van der Waals surface area contributed by atoms with Crippen LogP contribution in [0, 0.1) is 16.7 Å². The third-order valence-corrected chi connectivity index (χ3v) is 5.29. The molecular weight excluding hydrogens is 404 g/mol. The monoisotopic (exact) mass is 428 g/mol. The van der Waals surface area contributed by atoms with E-state index in [2.05, 4.69) is 20.3 Å². The maximum Gasteiger partial charge on any atom is 0.264 e. The molecule has 0 aliphatic carbocycles. The number of amides is 1. The number of aromatic nitrogens is 3. The summed E-state index contributed by atoms with van der Waals surface area (Å²) in [5.74, 6) is 0.276. The highest BCUT2D eigenvalue weighted by Gasteiger charge is 2.26. The highest BCUT2D eigenvalue weighted by atomic mass is 16.2. The predicted octanol–water partition coefficient (Wildman–Crippen LogP) is 4.07. The number of Topliss-reactive ketones (excluding diaryl/α,β-unsaturated/α-hetero) is 1. The molecule has 162 valence electrons. The number of ketones is 1. The van der Waals surface area contributed by atoms with Crippen LogP contribution >= 0.6 is 0 Å². The summed E-state index contributed by atoms with van der Waals surface area (Å²) in [4.78, 5) is 38.6. The van der Waals surface area contributed by atoms with Gasteiger partial charge in [-0.25, -0.2) is 9.97 Å². The Kier molecular flexibility index (Phi) is 5.49. The number of H-pyrrole nitrogens is 1. The Morgan fingerprint density at radius 1 is 1.22 bits per heavy atom. The van der Waals surface area contributed by atoms with Crippen LogP contribution in [0.15, 0.2) is 42.2 Å². The average Bonchev–Trinajstić information content (AvgIpc) is 3.13. The second-order valence-electron chi connectivity index (χ2n) is 8.80. The van der Waals surface area contributed by atoms with E-state index in [1.165, 1.54) is 0 Å². The molecule has 1 aliphatic heterocycles. The molecule has 2 aromatic heterocycles. The summed E-state index contributed by atoms with van der Waals surface area (Å²) in [6.45, 7) is 7.02. The molecule has 2 N–H and O–H groups in total. The molecule has 8 heteroatoms. The average molecular weight is 428 g/mol. The minimum Gasteiger partial charge on any atom is -0.344 e. The third kappa shape index (κ3) is 4.23. The first-order valence-electron chi connectivity index (χ1n) is 10.4. The summed E-state index contributed by atoms with van der Waals surface area (Å²) in [5.41, 5.74) is 2.72. The Hall–Kier alpha value is -3.99. The van der Waals surface area contributed by atoms with Crippen molar-refractivity contribution in [3.63, 3.8) is 0 Å². The molecule has 0 unspecified atom stereocenters. The van der Waals surface area contributed by atoms with Gasteiger partial charge in [0.25, 0.3) is 5.91 Å². The highest BCUT2D eigenvalue weighted by molar-refractivity contribution is 6.08. The van der Waals surface area contributed by atoms with Crippen molar-refractivity contribution in [1.29, 1.82) is 5.26 Å². The van der Waals surface area contributed by atoms with Crippen molar-refractivity contribution in [2.24, 2.45) is 5.41 Å². The molecule has 1 aliphatic rings. The van der Waals surface area contributed by atoms with Gasteiger partial charge in [0.05, 0.1) is 11.8 Å². The number of carbonyl (C=O) groups is 2.